The quantitative estimate of drug-likeness (QED) is 0.876. The molecule has 1 fully saturated rings. The Morgan fingerprint density at radius 2 is 2.26 bits per heavy atom. The minimum Gasteiger partial charge on any atom is -0.311 e. The molecule has 0 radical (unpaired) electrons. The molecule has 0 aromatic carbocycles. The third-order valence-corrected chi connectivity index (χ3v) is 3.78. The van der Waals surface area contributed by atoms with Gasteiger partial charge in [-0.3, -0.25) is 4.90 Å². The SMILES string of the molecule is CCC1CNC(C)CN1Cc1ncnn1CC(C)C. The molecule has 2 rings (SSSR count). The molecule has 1 N–H and O–H groups in total. The zero-order valence-corrected chi connectivity index (χ0v) is 12.6. The smallest absolute Gasteiger partial charge is 0.141 e. The maximum atomic E-state index is 4.45. The predicted molar refractivity (Wildman–Crippen MR) is 76.8 cm³/mol. The molecule has 1 aromatic rings. The normalized spacial score (nSPS) is 25.1. The fourth-order valence-corrected chi connectivity index (χ4v) is 2.72. The van der Waals surface area contributed by atoms with E-state index in [9.17, 15) is 0 Å². The molecular weight excluding hydrogens is 238 g/mol. The minimum absolute atomic E-state index is 0.560. The van der Waals surface area contributed by atoms with Crippen LogP contribution in [0.15, 0.2) is 6.33 Å². The third-order valence-electron chi connectivity index (χ3n) is 3.78. The Morgan fingerprint density at radius 1 is 1.47 bits per heavy atom. The van der Waals surface area contributed by atoms with Crippen LogP contribution >= 0.6 is 0 Å². The average Bonchev–Trinajstić information content (AvgIpc) is 2.76. The molecule has 0 amide bonds. The van der Waals surface area contributed by atoms with E-state index in [0.29, 0.717) is 18.0 Å². The largest absolute Gasteiger partial charge is 0.311 e. The van der Waals surface area contributed by atoms with Crippen molar-refractivity contribution in [1.82, 2.24) is 25.0 Å². The lowest BCUT2D eigenvalue weighted by Crippen LogP contribution is -2.54. The number of nitrogens with one attached hydrogen (secondary N) is 1. The van der Waals surface area contributed by atoms with Gasteiger partial charge in [0.25, 0.3) is 0 Å². The van der Waals surface area contributed by atoms with E-state index in [1.54, 1.807) is 6.33 Å². The van der Waals surface area contributed by atoms with Crippen LogP contribution in [-0.2, 0) is 13.1 Å². The highest BCUT2D eigenvalue weighted by Gasteiger charge is 2.25. The monoisotopic (exact) mass is 265 g/mol. The summed E-state index contributed by atoms with van der Waals surface area (Å²) in [7, 11) is 0. The Labute approximate surface area is 116 Å². The molecule has 108 valence electrons. The third kappa shape index (κ3) is 3.76. The minimum atomic E-state index is 0.560. The summed E-state index contributed by atoms with van der Waals surface area (Å²) in [6.45, 7) is 13.0. The van der Waals surface area contributed by atoms with Crippen molar-refractivity contribution in [3.05, 3.63) is 12.2 Å². The van der Waals surface area contributed by atoms with Crippen LogP contribution in [0.25, 0.3) is 0 Å². The molecule has 0 spiro atoms. The van der Waals surface area contributed by atoms with Crippen molar-refractivity contribution in [2.75, 3.05) is 13.1 Å². The number of hydrogen-bond donors (Lipinski definition) is 1. The van der Waals surface area contributed by atoms with Gasteiger partial charge in [-0.15, -0.1) is 0 Å². The first-order valence-electron chi connectivity index (χ1n) is 7.44. The summed E-state index contributed by atoms with van der Waals surface area (Å²) in [6.07, 6.45) is 2.86. The first-order chi connectivity index (χ1) is 9.10. The molecule has 5 nitrogen and oxygen atoms in total. The van der Waals surface area contributed by atoms with Gasteiger partial charge in [-0.1, -0.05) is 20.8 Å². The van der Waals surface area contributed by atoms with Gasteiger partial charge in [-0.2, -0.15) is 5.10 Å². The highest BCUT2D eigenvalue weighted by molar-refractivity contribution is 4.90. The topological polar surface area (TPSA) is 46.0 Å². The summed E-state index contributed by atoms with van der Waals surface area (Å²) in [6, 6.07) is 1.17. The van der Waals surface area contributed by atoms with Crippen molar-refractivity contribution in [3.63, 3.8) is 0 Å². The van der Waals surface area contributed by atoms with Gasteiger partial charge in [0.1, 0.15) is 12.2 Å². The van der Waals surface area contributed by atoms with Crippen LogP contribution in [0.4, 0.5) is 0 Å². The van der Waals surface area contributed by atoms with E-state index in [2.05, 4.69) is 52.7 Å². The zero-order valence-electron chi connectivity index (χ0n) is 12.6. The highest BCUT2D eigenvalue weighted by atomic mass is 15.4. The van der Waals surface area contributed by atoms with Crippen LogP contribution in [0, 0.1) is 5.92 Å². The van der Waals surface area contributed by atoms with E-state index >= 15 is 0 Å². The lowest BCUT2D eigenvalue weighted by Gasteiger charge is -2.38. The van der Waals surface area contributed by atoms with Crippen LogP contribution in [0.1, 0.15) is 39.9 Å². The molecular formula is C14H27N5. The Hall–Kier alpha value is -0.940. The van der Waals surface area contributed by atoms with Crippen molar-refractivity contribution in [2.24, 2.45) is 5.92 Å². The standard InChI is InChI=1S/C14H27N5/c1-5-13-6-15-12(4)8-18(13)9-14-16-10-17-19(14)7-11(2)3/h10-13,15H,5-9H2,1-4H3. The summed E-state index contributed by atoms with van der Waals surface area (Å²) in [4.78, 5) is 6.99. The van der Waals surface area contributed by atoms with Gasteiger partial charge in [0.15, 0.2) is 0 Å². The average molecular weight is 265 g/mol. The second kappa shape index (κ2) is 6.48. The molecule has 0 saturated carbocycles. The van der Waals surface area contributed by atoms with Gasteiger partial charge >= 0.3 is 0 Å². The summed E-state index contributed by atoms with van der Waals surface area (Å²) in [5.74, 6) is 1.70. The first kappa shape index (κ1) is 14.5. The molecule has 1 aliphatic heterocycles. The lowest BCUT2D eigenvalue weighted by atomic mass is 10.1. The van der Waals surface area contributed by atoms with Crippen LogP contribution in [0.3, 0.4) is 0 Å². The lowest BCUT2D eigenvalue weighted by molar-refractivity contribution is 0.118. The summed E-state index contributed by atoms with van der Waals surface area (Å²) < 4.78 is 2.06. The van der Waals surface area contributed by atoms with Crippen LogP contribution in [0.2, 0.25) is 0 Å². The fourth-order valence-electron chi connectivity index (χ4n) is 2.72. The van der Waals surface area contributed by atoms with Gasteiger partial charge in [-0.25, -0.2) is 9.67 Å². The van der Waals surface area contributed by atoms with E-state index in [4.69, 9.17) is 0 Å². The van der Waals surface area contributed by atoms with Crippen molar-refractivity contribution in [1.29, 1.82) is 0 Å². The Bertz CT molecular complexity index is 387. The van der Waals surface area contributed by atoms with Crippen LogP contribution < -0.4 is 5.32 Å². The summed E-state index contributed by atoms with van der Waals surface area (Å²) >= 11 is 0. The molecule has 5 heteroatoms. The van der Waals surface area contributed by atoms with E-state index in [-0.39, 0.29) is 0 Å². The van der Waals surface area contributed by atoms with Crippen LogP contribution in [-0.4, -0.2) is 44.8 Å². The van der Waals surface area contributed by atoms with Crippen molar-refractivity contribution >= 4 is 0 Å². The first-order valence-corrected chi connectivity index (χ1v) is 7.44. The van der Waals surface area contributed by atoms with Gasteiger partial charge in [0.05, 0.1) is 6.54 Å². The van der Waals surface area contributed by atoms with Gasteiger partial charge < -0.3 is 5.32 Å². The molecule has 0 aliphatic carbocycles. The number of piperazine rings is 1. The molecule has 2 unspecified atom stereocenters. The van der Waals surface area contributed by atoms with Gasteiger partial charge in [0.2, 0.25) is 0 Å². The second-order valence-electron chi connectivity index (χ2n) is 6.05. The number of aromatic nitrogens is 3. The van der Waals surface area contributed by atoms with E-state index < -0.39 is 0 Å². The van der Waals surface area contributed by atoms with E-state index in [0.717, 1.165) is 32.0 Å². The Kier molecular flexibility index (Phi) is 4.93. The predicted octanol–water partition coefficient (Wildman–Crippen LogP) is 1.51. The highest BCUT2D eigenvalue weighted by Crippen LogP contribution is 2.14. The number of hydrogen-bond acceptors (Lipinski definition) is 4. The van der Waals surface area contributed by atoms with Crippen molar-refractivity contribution < 1.29 is 0 Å². The molecule has 1 aromatic heterocycles. The number of rotatable bonds is 5. The molecule has 1 aliphatic rings. The van der Waals surface area contributed by atoms with Crippen molar-refractivity contribution in [3.8, 4) is 0 Å². The zero-order chi connectivity index (χ0) is 13.8. The second-order valence-corrected chi connectivity index (χ2v) is 6.05. The van der Waals surface area contributed by atoms with Gasteiger partial charge in [-0.05, 0) is 19.3 Å². The molecule has 2 atom stereocenters. The van der Waals surface area contributed by atoms with E-state index in [1.807, 2.05) is 0 Å². The maximum absolute atomic E-state index is 4.45. The number of nitrogens with zero attached hydrogens (tertiary/aromatic N) is 4. The molecule has 0 bridgehead atoms. The van der Waals surface area contributed by atoms with Crippen LogP contribution in [0.5, 0.6) is 0 Å². The fraction of sp³-hybridized carbons (Fsp3) is 0.857. The summed E-state index contributed by atoms with van der Waals surface area (Å²) in [5.41, 5.74) is 0. The van der Waals surface area contributed by atoms with Gasteiger partial charge in [0, 0.05) is 31.7 Å². The van der Waals surface area contributed by atoms with E-state index in [1.165, 1.54) is 6.42 Å². The molecule has 1 saturated heterocycles. The van der Waals surface area contributed by atoms with Crippen molar-refractivity contribution in [2.45, 2.75) is 59.3 Å². The Morgan fingerprint density at radius 3 is 2.95 bits per heavy atom. The summed E-state index contributed by atoms with van der Waals surface area (Å²) in [5, 5.41) is 7.91. The molecule has 19 heavy (non-hydrogen) atoms. The Balaban J connectivity index is 2.04. The maximum Gasteiger partial charge on any atom is 0.141 e. The molecule has 2 heterocycles.